The summed E-state index contributed by atoms with van der Waals surface area (Å²) in [7, 11) is 0. The number of thiophene rings is 1. The van der Waals surface area contributed by atoms with Gasteiger partial charge in [0.1, 0.15) is 0 Å². The molecular formula is C20H21N3O2S. The topological polar surface area (TPSA) is 68.0 Å². The number of rotatable bonds is 5. The molecule has 2 saturated carbocycles. The fraction of sp³-hybridized carbons (Fsp3) is 0.450. The summed E-state index contributed by atoms with van der Waals surface area (Å²) in [5.41, 5.74) is 2.54. The monoisotopic (exact) mass is 367 g/mol. The highest BCUT2D eigenvalue weighted by Crippen LogP contribution is 2.44. The molecule has 134 valence electrons. The first-order valence-electron chi connectivity index (χ1n) is 9.25. The van der Waals surface area contributed by atoms with E-state index in [9.17, 15) is 4.79 Å². The average molecular weight is 367 g/mol. The zero-order valence-electron chi connectivity index (χ0n) is 14.9. The van der Waals surface area contributed by atoms with Crippen LogP contribution in [0.15, 0.2) is 22.7 Å². The van der Waals surface area contributed by atoms with Crippen LogP contribution in [0.2, 0.25) is 0 Å². The van der Waals surface area contributed by atoms with Gasteiger partial charge in [0.05, 0.1) is 27.2 Å². The largest absolute Gasteiger partial charge is 0.349 e. The Hall–Kier alpha value is -2.21. The fourth-order valence-corrected chi connectivity index (χ4v) is 4.56. The van der Waals surface area contributed by atoms with Gasteiger partial charge in [0.25, 0.3) is 11.6 Å². The summed E-state index contributed by atoms with van der Waals surface area (Å²) in [4.78, 5) is 20.0. The molecule has 0 atom stereocenters. The van der Waals surface area contributed by atoms with Crippen molar-refractivity contribution < 1.29 is 9.32 Å². The van der Waals surface area contributed by atoms with Gasteiger partial charge in [-0.1, -0.05) is 5.16 Å². The average Bonchev–Trinajstić information content (AvgIpc) is 3.55. The predicted molar refractivity (Wildman–Crippen MR) is 101 cm³/mol. The minimum atomic E-state index is -0.0259. The third kappa shape index (κ3) is 2.82. The zero-order valence-corrected chi connectivity index (χ0v) is 15.7. The first-order valence-corrected chi connectivity index (χ1v) is 10.1. The van der Waals surface area contributed by atoms with Gasteiger partial charge in [-0.2, -0.15) is 0 Å². The summed E-state index contributed by atoms with van der Waals surface area (Å²) in [6, 6.07) is 6.31. The van der Waals surface area contributed by atoms with Crippen LogP contribution in [0.25, 0.3) is 21.7 Å². The van der Waals surface area contributed by atoms with E-state index in [-0.39, 0.29) is 5.91 Å². The van der Waals surface area contributed by atoms with Gasteiger partial charge >= 0.3 is 0 Å². The van der Waals surface area contributed by atoms with Crippen molar-refractivity contribution >= 4 is 28.3 Å². The lowest BCUT2D eigenvalue weighted by molar-refractivity contribution is 0.0928. The maximum absolute atomic E-state index is 13.2. The Balaban J connectivity index is 1.56. The highest BCUT2D eigenvalue weighted by Gasteiger charge is 2.42. The molecule has 2 fully saturated rings. The summed E-state index contributed by atoms with van der Waals surface area (Å²) in [5.74, 6) is 1.29. The van der Waals surface area contributed by atoms with Crippen LogP contribution in [-0.4, -0.2) is 22.1 Å². The number of nitrogens with one attached hydrogen (secondary N) is 1. The molecule has 5 rings (SSSR count). The Bertz CT molecular complexity index is 986. The molecule has 6 heteroatoms. The molecule has 3 heterocycles. The number of carbonyl (C=O) groups is 1. The van der Waals surface area contributed by atoms with Crippen LogP contribution >= 0.6 is 11.3 Å². The smallest absolute Gasteiger partial charge is 0.259 e. The minimum Gasteiger partial charge on any atom is -0.349 e. The van der Waals surface area contributed by atoms with Gasteiger partial charge in [-0.3, -0.25) is 4.79 Å². The van der Waals surface area contributed by atoms with Crippen LogP contribution in [0.5, 0.6) is 0 Å². The molecule has 0 aliphatic heterocycles. The van der Waals surface area contributed by atoms with Crippen molar-refractivity contribution in [2.75, 3.05) is 0 Å². The van der Waals surface area contributed by atoms with Crippen molar-refractivity contribution in [2.24, 2.45) is 11.8 Å². The maximum Gasteiger partial charge on any atom is 0.259 e. The molecule has 0 bridgehead atoms. The SMILES string of the molecule is Cc1ccc(-c2cc(C(=O)NC(C3CC3)C3CC3)c3c(C)noc3n2)s1. The molecule has 0 spiro atoms. The molecule has 0 radical (unpaired) electrons. The molecule has 2 aliphatic rings. The van der Waals surface area contributed by atoms with Crippen molar-refractivity contribution in [3.8, 4) is 10.6 Å². The molecule has 2 aliphatic carbocycles. The highest BCUT2D eigenvalue weighted by atomic mass is 32.1. The first-order chi connectivity index (χ1) is 12.6. The van der Waals surface area contributed by atoms with Crippen molar-refractivity contribution in [3.05, 3.63) is 34.3 Å². The van der Waals surface area contributed by atoms with E-state index < -0.39 is 0 Å². The fourth-order valence-electron chi connectivity index (χ4n) is 3.73. The molecule has 5 nitrogen and oxygen atoms in total. The van der Waals surface area contributed by atoms with Crippen LogP contribution in [0.3, 0.4) is 0 Å². The number of carbonyl (C=O) groups excluding carboxylic acids is 1. The van der Waals surface area contributed by atoms with Gasteiger partial charge in [0.2, 0.25) is 0 Å². The van der Waals surface area contributed by atoms with Gasteiger partial charge in [-0.15, -0.1) is 11.3 Å². The number of hydrogen-bond donors (Lipinski definition) is 1. The van der Waals surface area contributed by atoms with Crippen LogP contribution < -0.4 is 5.32 Å². The van der Waals surface area contributed by atoms with E-state index in [1.54, 1.807) is 11.3 Å². The molecular weight excluding hydrogens is 346 g/mol. The van der Waals surface area contributed by atoms with Gasteiger partial charge in [-0.05, 0) is 69.6 Å². The maximum atomic E-state index is 13.2. The summed E-state index contributed by atoms with van der Waals surface area (Å²) in [6.45, 7) is 3.92. The zero-order chi connectivity index (χ0) is 17.8. The Labute approximate surface area is 155 Å². The third-order valence-electron chi connectivity index (χ3n) is 5.41. The first kappa shape index (κ1) is 16.0. The molecule has 0 unspecified atom stereocenters. The van der Waals surface area contributed by atoms with E-state index in [0.717, 1.165) is 16.0 Å². The molecule has 3 aromatic rings. The van der Waals surface area contributed by atoms with E-state index in [4.69, 9.17) is 4.52 Å². The van der Waals surface area contributed by atoms with Crippen LogP contribution in [0.4, 0.5) is 0 Å². The number of nitrogens with zero attached hydrogens (tertiary/aromatic N) is 2. The summed E-state index contributed by atoms with van der Waals surface area (Å²) < 4.78 is 5.40. The molecule has 0 aromatic carbocycles. The lowest BCUT2D eigenvalue weighted by atomic mass is 10.0. The number of fused-ring (bicyclic) bond motifs is 1. The van der Waals surface area contributed by atoms with Gasteiger partial charge < -0.3 is 9.84 Å². The van der Waals surface area contributed by atoms with Crippen molar-refractivity contribution in [2.45, 2.75) is 45.6 Å². The minimum absolute atomic E-state index is 0.0259. The van der Waals surface area contributed by atoms with Crippen LogP contribution in [0.1, 0.15) is 46.6 Å². The lowest BCUT2D eigenvalue weighted by Crippen LogP contribution is -2.38. The molecule has 1 amide bonds. The van der Waals surface area contributed by atoms with Gasteiger partial charge in [0, 0.05) is 10.9 Å². The number of aryl methyl sites for hydroxylation is 2. The van der Waals surface area contributed by atoms with Gasteiger partial charge in [-0.25, -0.2) is 4.98 Å². The van der Waals surface area contributed by atoms with E-state index in [0.29, 0.717) is 34.8 Å². The Kier molecular flexibility index (Phi) is 3.64. The van der Waals surface area contributed by atoms with Crippen LogP contribution in [0, 0.1) is 25.7 Å². The van der Waals surface area contributed by atoms with Gasteiger partial charge in [0.15, 0.2) is 0 Å². The van der Waals surface area contributed by atoms with Crippen LogP contribution in [-0.2, 0) is 0 Å². The lowest BCUT2D eigenvalue weighted by Gasteiger charge is -2.18. The number of aromatic nitrogens is 2. The predicted octanol–water partition coefficient (Wildman–Crippen LogP) is 4.49. The second-order valence-electron chi connectivity index (χ2n) is 7.59. The number of amides is 1. The standard InChI is InChI=1S/C20H21N3O2S/c1-10-3-8-16(26-10)15-9-14(17-11(2)23-25-20(17)21-15)19(24)22-18(12-4-5-12)13-6-7-13/h3,8-9,12-13,18H,4-7H2,1-2H3,(H,22,24). The summed E-state index contributed by atoms with van der Waals surface area (Å²) >= 11 is 1.66. The summed E-state index contributed by atoms with van der Waals surface area (Å²) in [5, 5.41) is 8.08. The normalized spacial score (nSPS) is 17.2. The number of pyridine rings is 1. The Morgan fingerprint density at radius 3 is 2.58 bits per heavy atom. The Morgan fingerprint density at radius 2 is 1.96 bits per heavy atom. The van der Waals surface area contributed by atoms with E-state index in [1.165, 1.54) is 30.6 Å². The summed E-state index contributed by atoms with van der Waals surface area (Å²) in [6.07, 6.45) is 4.94. The van der Waals surface area contributed by atoms with E-state index in [2.05, 4.69) is 28.4 Å². The Morgan fingerprint density at radius 1 is 1.23 bits per heavy atom. The molecule has 3 aromatic heterocycles. The van der Waals surface area contributed by atoms with Crippen molar-refractivity contribution in [1.82, 2.24) is 15.5 Å². The second kappa shape index (κ2) is 5.91. The highest BCUT2D eigenvalue weighted by molar-refractivity contribution is 7.15. The molecule has 26 heavy (non-hydrogen) atoms. The third-order valence-corrected chi connectivity index (χ3v) is 6.44. The quantitative estimate of drug-likeness (QED) is 0.721. The molecule has 1 N–H and O–H groups in total. The van der Waals surface area contributed by atoms with Crippen molar-refractivity contribution in [1.29, 1.82) is 0 Å². The number of hydrogen-bond acceptors (Lipinski definition) is 5. The molecule has 0 saturated heterocycles. The second-order valence-corrected chi connectivity index (χ2v) is 8.88. The van der Waals surface area contributed by atoms with Crippen molar-refractivity contribution in [3.63, 3.8) is 0 Å². The van der Waals surface area contributed by atoms with E-state index >= 15 is 0 Å². The van der Waals surface area contributed by atoms with E-state index in [1.807, 2.05) is 19.1 Å².